The number of carbonyl (C=O) groups is 1. The van der Waals surface area contributed by atoms with Gasteiger partial charge in [-0.2, -0.15) is 4.98 Å². The number of nitrogens with zero attached hydrogens (tertiary/aromatic N) is 3. The third-order valence-electron chi connectivity index (χ3n) is 7.06. The molecule has 6 heteroatoms. The molecule has 5 rings (SSSR count). The number of carbonyl (C=O) groups excluding carboxylic acids is 1. The van der Waals surface area contributed by atoms with Gasteiger partial charge < -0.3 is 14.6 Å². The summed E-state index contributed by atoms with van der Waals surface area (Å²) in [5, 5.41) is 3.32. The lowest BCUT2D eigenvalue weighted by Crippen LogP contribution is -2.51. The monoisotopic (exact) mass is 396 g/mol. The fourth-order valence-corrected chi connectivity index (χ4v) is 5.36. The van der Waals surface area contributed by atoms with Crippen molar-refractivity contribution in [1.29, 1.82) is 0 Å². The Morgan fingerprint density at radius 1 is 1.00 bits per heavy atom. The second-order valence-electron chi connectivity index (χ2n) is 9.01. The molecule has 0 bridgehead atoms. The highest BCUT2D eigenvalue weighted by atomic mass is 16.4. The maximum atomic E-state index is 12.7. The SMILES string of the molecule is O=C(NC1CCCC1)C1CCCN(C2CCN(c3nc4ccccc4o3)CC2)C1. The van der Waals surface area contributed by atoms with Crippen LogP contribution in [0.4, 0.5) is 6.01 Å². The molecule has 2 saturated heterocycles. The number of oxazole rings is 1. The van der Waals surface area contributed by atoms with Crippen molar-refractivity contribution in [3.05, 3.63) is 24.3 Å². The van der Waals surface area contributed by atoms with Crippen LogP contribution in [0.3, 0.4) is 0 Å². The molecule has 156 valence electrons. The van der Waals surface area contributed by atoms with Gasteiger partial charge in [0.15, 0.2) is 5.58 Å². The quantitative estimate of drug-likeness (QED) is 0.856. The standard InChI is InChI=1S/C23H32N4O2/c28-22(24-18-7-1-2-8-18)17-6-5-13-27(16-17)19-11-14-26(15-12-19)23-25-20-9-3-4-10-21(20)29-23/h3-4,9-10,17-19H,1-2,5-8,11-16H2,(H,24,28). The highest BCUT2D eigenvalue weighted by Gasteiger charge is 2.33. The highest BCUT2D eigenvalue weighted by Crippen LogP contribution is 2.28. The number of fused-ring (bicyclic) bond motifs is 1. The number of aromatic nitrogens is 1. The van der Waals surface area contributed by atoms with Crippen LogP contribution in [0.1, 0.15) is 51.4 Å². The Hall–Kier alpha value is -2.08. The molecule has 1 saturated carbocycles. The Morgan fingerprint density at radius 2 is 1.79 bits per heavy atom. The van der Waals surface area contributed by atoms with Crippen LogP contribution in [0.2, 0.25) is 0 Å². The summed E-state index contributed by atoms with van der Waals surface area (Å²) in [5.41, 5.74) is 1.79. The number of rotatable bonds is 4. The summed E-state index contributed by atoms with van der Waals surface area (Å²) in [5.74, 6) is 0.463. The van der Waals surface area contributed by atoms with Crippen LogP contribution < -0.4 is 10.2 Å². The maximum absolute atomic E-state index is 12.7. The van der Waals surface area contributed by atoms with Gasteiger partial charge in [-0.3, -0.25) is 9.69 Å². The van der Waals surface area contributed by atoms with Crippen LogP contribution in [0, 0.1) is 5.92 Å². The molecule has 0 radical (unpaired) electrons. The molecule has 6 nitrogen and oxygen atoms in total. The Kier molecular flexibility index (Phi) is 5.44. The summed E-state index contributed by atoms with van der Waals surface area (Å²) in [6, 6.07) is 9.70. The summed E-state index contributed by atoms with van der Waals surface area (Å²) in [6.07, 6.45) is 9.24. The number of nitrogens with one attached hydrogen (secondary N) is 1. The van der Waals surface area contributed by atoms with Crippen molar-refractivity contribution >= 4 is 23.0 Å². The Labute approximate surface area is 172 Å². The van der Waals surface area contributed by atoms with Gasteiger partial charge in [0.05, 0.1) is 5.92 Å². The minimum absolute atomic E-state index is 0.166. The second kappa shape index (κ2) is 8.34. The number of benzene rings is 1. The van der Waals surface area contributed by atoms with E-state index < -0.39 is 0 Å². The molecule has 1 aliphatic carbocycles. The molecule has 1 aromatic heterocycles. The Balaban J connectivity index is 1.15. The van der Waals surface area contributed by atoms with Crippen molar-refractivity contribution in [3.8, 4) is 0 Å². The number of hydrogen-bond donors (Lipinski definition) is 1. The van der Waals surface area contributed by atoms with E-state index in [0.717, 1.165) is 81.8 Å². The molecule has 1 unspecified atom stereocenters. The highest BCUT2D eigenvalue weighted by molar-refractivity contribution is 5.79. The van der Waals surface area contributed by atoms with Crippen LogP contribution >= 0.6 is 0 Å². The van der Waals surface area contributed by atoms with Crippen molar-refractivity contribution in [3.63, 3.8) is 0 Å². The molecule has 3 heterocycles. The van der Waals surface area contributed by atoms with E-state index in [9.17, 15) is 4.79 Å². The third kappa shape index (κ3) is 4.13. The van der Waals surface area contributed by atoms with Crippen molar-refractivity contribution in [2.75, 3.05) is 31.1 Å². The van der Waals surface area contributed by atoms with Gasteiger partial charge in [0, 0.05) is 31.7 Å². The van der Waals surface area contributed by atoms with Crippen molar-refractivity contribution in [1.82, 2.24) is 15.2 Å². The zero-order chi connectivity index (χ0) is 19.6. The van der Waals surface area contributed by atoms with E-state index in [0.29, 0.717) is 18.0 Å². The topological polar surface area (TPSA) is 61.6 Å². The molecule has 1 N–H and O–H groups in total. The van der Waals surface area contributed by atoms with E-state index in [1.807, 2.05) is 24.3 Å². The molecule has 3 fully saturated rings. The van der Waals surface area contributed by atoms with Crippen molar-refractivity contribution < 1.29 is 9.21 Å². The molecule has 1 aromatic carbocycles. The van der Waals surface area contributed by atoms with Gasteiger partial charge in [0.25, 0.3) is 6.01 Å². The second-order valence-corrected chi connectivity index (χ2v) is 9.01. The fraction of sp³-hybridized carbons (Fsp3) is 0.652. The van der Waals surface area contributed by atoms with Gasteiger partial charge in [0.1, 0.15) is 5.52 Å². The van der Waals surface area contributed by atoms with Gasteiger partial charge in [-0.25, -0.2) is 0 Å². The van der Waals surface area contributed by atoms with Crippen LogP contribution in [0.15, 0.2) is 28.7 Å². The number of hydrogen-bond acceptors (Lipinski definition) is 5. The predicted octanol–water partition coefficient (Wildman–Crippen LogP) is 3.57. The van der Waals surface area contributed by atoms with Crippen LogP contribution in [-0.2, 0) is 4.79 Å². The molecule has 0 spiro atoms. The first-order valence-corrected chi connectivity index (χ1v) is 11.4. The van der Waals surface area contributed by atoms with Gasteiger partial charge >= 0.3 is 0 Å². The molecule has 3 aliphatic rings. The average molecular weight is 397 g/mol. The fourth-order valence-electron chi connectivity index (χ4n) is 5.36. The van der Waals surface area contributed by atoms with Crippen LogP contribution in [-0.4, -0.2) is 54.1 Å². The molecular formula is C23H32N4O2. The lowest BCUT2D eigenvalue weighted by atomic mass is 9.93. The minimum Gasteiger partial charge on any atom is -0.423 e. The number of anilines is 1. The summed E-state index contributed by atoms with van der Waals surface area (Å²) in [6.45, 7) is 3.98. The number of amides is 1. The Bertz CT molecular complexity index is 803. The number of likely N-dealkylation sites (tertiary alicyclic amines) is 1. The largest absolute Gasteiger partial charge is 0.423 e. The maximum Gasteiger partial charge on any atom is 0.298 e. The summed E-state index contributed by atoms with van der Waals surface area (Å²) < 4.78 is 5.95. The predicted molar refractivity (Wildman–Crippen MR) is 114 cm³/mol. The smallest absolute Gasteiger partial charge is 0.298 e. The number of piperidine rings is 2. The van der Waals surface area contributed by atoms with E-state index in [1.165, 1.54) is 12.8 Å². The zero-order valence-corrected chi connectivity index (χ0v) is 17.2. The van der Waals surface area contributed by atoms with Gasteiger partial charge in [0.2, 0.25) is 5.91 Å². The van der Waals surface area contributed by atoms with E-state index in [4.69, 9.17) is 4.42 Å². The first-order valence-electron chi connectivity index (χ1n) is 11.4. The summed E-state index contributed by atoms with van der Waals surface area (Å²) >= 11 is 0. The summed E-state index contributed by atoms with van der Waals surface area (Å²) in [4.78, 5) is 22.2. The third-order valence-corrected chi connectivity index (χ3v) is 7.06. The van der Waals surface area contributed by atoms with Gasteiger partial charge in [-0.1, -0.05) is 25.0 Å². The molecular weight excluding hydrogens is 364 g/mol. The van der Waals surface area contributed by atoms with E-state index in [1.54, 1.807) is 0 Å². The first-order chi connectivity index (χ1) is 14.3. The lowest BCUT2D eigenvalue weighted by Gasteiger charge is -2.41. The normalized spacial score (nSPS) is 25.0. The lowest BCUT2D eigenvalue weighted by molar-refractivity contribution is -0.127. The zero-order valence-electron chi connectivity index (χ0n) is 17.2. The van der Waals surface area contributed by atoms with Crippen molar-refractivity contribution in [2.45, 2.75) is 63.5 Å². The Morgan fingerprint density at radius 3 is 2.59 bits per heavy atom. The first kappa shape index (κ1) is 18.9. The molecule has 2 aromatic rings. The number of para-hydroxylation sites is 2. The van der Waals surface area contributed by atoms with Crippen LogP contribution in [0.25, 0.3) is 11.1 Å². The average Bonchev–Trinajstić information content (AvgIpc) is 3.43. The van der Waals surface area contributed by atoms with Gasteiger partial charge in [-0.05, 0) is 57.2 Å². The van der Waals surface area contributed by atoms with Gasteiger partial charge in [-0.15, -0.1) is 0 Å². The molecule has 1 atom stereocenters. The van der Waals surface area contributed by atoms with E-state index in [-0.39, 0.29) is 5.92 Å². The van der Waals surface area contributed by atoms with E-state index >= 15 is 0 Å². The summed E-state index contributed by atoms with van der Waals surface area (Å²) in [7, 11) is 0. The molecule has 2 aliphatic heterocycles. The minimum atomic E-state index is 0.166. The molecule has 29 heavy (non-hydrogen) atoms. The van der Waals surface area contributed by atoms with Crippen LogP contribution in [0.5, 0.6) is 0 Å². The van der Waals surface area contributed by atoms with Crippen molar-refractivity contribution in [2.24, 2.45) is 5.92 Å². The van der Waals surface area contributed by atoms with E-state index in [2.05, 4.69) is 20.1 Å². The molecule has 1 amide bonds.